The van der Waals surface area contributed by atoms with E-state index in [0.717, 1.165) is 16.5 Å². The Labute approximate surface area is 103 Å². The number of rotatable bonds is 2. The Morgan fingerprint density at radius 1 is 1.18 bits per heavy atom. The van der Waals surface area contributed by atoms with Crippen LogP contribution in [0, 0.1) is 0 Å². The van der Waals surface area contributed by atoms with Gasteiger partial charge in [-0.25, -0.2) is 0 Å². The summed E-state index contributed by atoms with van der Waals surface area (Å²) in [4.78, 5) is 5.71. The van der Waals surface area contributed by atoms with Crippen LogP contribution in [0.4, 0.5) is 0 Å². The number of hydrogen-bond acceptors (Lipinski definition) is 2. The van der Waals surface area contributed by atoms with Gasteiger partial charge in [0.25, 0.3) is 0 Å². The number of thiol groups is 1. The van der Waals surface area contributed by atoms with E-state index in [1.807, 2.05) is 24.4 Å². The number of aliphatic hydroxyl groups is 1. The Kier molecular flexibility index (Phi) is 2.71. The van der Waals surface area contributed by atoms with Gasteiger partial charge < -0.3 is 5.11 Å². The van der Waals surface area contributed by atoms with Gasteiger partial charge in [0.2, 0.25) is 0 Å². The van der Waals surface area contributed by atoms with E-state index >= 15 is 0 Å². The summed E-state index contributed by atoms with van der Waals surface area (Å²) in [5, 5.41) is 14.8. The average Bonchev–Trinajstić information content (AvgIpc) is 2.91. The molecule has 86 valence electrons. The van der Waals surface area contributed by atoms with Crippen molar-refractivity contribution in [1.29, 1.82) is 0 Å². The van der Waals surface area contributed by atoms with Gasteiger partial charge in [-0.1, -0.05) is 24.3 Å². The monoisotopic (exact) mass is 243 g/mol. The average molecular weight is 243 g/mol. The van der Waals surface area contributed by atoms with Crippen molar-refractivity contribution in [3.05, 3.63) is 59.0 Å². The van der Waals surface area contributed by atoms with E-state index in [1.54, 1.807) is 0 Å². The quantitative estimate of drug-likeness (QED) is 0.794. The van der Waals surface area contributed by atoms with E-state index in [4.69, 9.17) is 0 Å². The first kappa shape index (κ1) is 10.6. The number of aromatic nitrogens is 1. The Hall–Kier alpha value is -1.58. The minimum Gasteiger partial charge on any atom is -0.392 e. The molecule has 1 aliphatic rings. The molecule has 2 nitrogen and oxygen atoms in total. The normalized spacial score (nSPS) is 15.9. The van der Waals surface area contributed by atoms with Crippen LogP contribution in [0.25, 0.3) is 10.9 Å². The van der Waals surface area contributed by atoms with Crippen LogP contribution in [0.5, 0.6) is 0 Å². The highest BCUT2D eigenvalue weighted by Gasteiger charge is 2.07. The van der Waals surface area contributed by atoms with Crippen LogP contribution in [-0.4, -0.2) is 10.1 Å². The number of fused-ring (bicyclic) bond motifs is 1. The van der Waals surface area contributed by atoms with Crippen LogP contribution >= 0.6 is 10.9 Å². The summed E-state index contributed by atoms with van der Waals surface area (Å²) in [6.07, 6.45) is 6.09. The van der Waals surface area contributed by atoms with Crippen molar-refractivity contribution in [3.8, 4) is 0 Å². The maximum Gasteiger partial charge on any atom is 0.0706 e. The van der Waals surface area contributed by atoms with Gasteiger partial charge in [0.05, 0.1) is 12.1 Å². The smallest absolute Gasteiger partial charge is 0.0706 e. The van der Waals surface area contributed by atoms with Gasteiger partial charge in [0.1, 0.15) is 0 Å². The lowest BCUT2D eigenvalue weighted by molar-refractivity contribution is 0.283. The maximum atomic E-state index is 9.34. The van der Waals surface area contributed by atoms with Crippen LogP contribution in [0.3, 0.4) is 0 Å². The predicted octanol–water partition coefficient (Wildman–Crippen LogP) is 3.13. The van der Waals surface area contributed by atoms with Gasteiger partial charge in [-0.15, -0.1) is 0 Å². The molecule has 0 radical (unpaired) electrons. The third-order valence-corrected chi connectivity index (χ3v) is 4.70. The summed E-state index contributed by atoms with van der Waals surface area (Å²) in [6.45, 7) is 0.0616. The minimum atomic E-state index is -0.336. The third kappa shape index (κ3) is 1.88. The molecule has 0 aliphatic carbocycles. The molecule has 1 aromatic heterocycles. The van der Waals surface area contributed by atoms with E-state index in [9.17, 15) is 5.11 Å². The molecule has 3 heteroatoms. The van der Waals surface area contributed by atoms with Crippen LogP contribution < -0.4 is 0 Å². The molecule has 0 amide bonds. The maximum absolute atomic E-state index is 9.34. The molecule has 1 aliphatic heterocycles. The molecule has 0 fully saturated rings. The molecule has 0 atom stereocenters. The summed E-state index contributed by atoms with van der Waals surface area (Å²) in [5.74, 6) is 0. The van der Waals surface area contributed by atoms with Crippen molar-refractivity contribution in [3.63, 3.8) is 0 Å². The molecule has 1 aromatic carbocycles. The largest absolute Gasteiger partial charge is 0.392 e. The van der Waals surface area contributed by atoms with E-state index in [0.29, 0.717) is 0 Å². The van der Waals surface area contributed by atoms with Crippen molar-refractivity contribution in [1.82, 2.24) is 4.98 Å². The zero-order valence-electron chi connectivity index (χ0n) is 9.24. The van der Waals surface area contributed by atoms with E-state index < -0.39 is 0 Å². The van der Waals surface area contributed by atoms with Crippen LogP contribution in [0.15, 0.2) is 58.3 Å². The van der Waals surface area contributed by atoms with Gasteiger partial charge >= 0.3 is 0 Å². The van der Waals surface area contributed by atoms with Gasteiger partial charge in [0.15, 0.2) is 0 Å². The van der Waals surface area contributed by atoms with Crippen molar-refractivity contribution in [2.45, 2.75) is 11.5 Å². The molecule has 1 N–H and O–H groups in total. The Bertz CT molecular complexity index is 607. The summed E-state index contributed by atoms with van der Waals surface area (Å²) < 4.78 is 0. The van der Waals surface area contributed by atoms with E-state index in [2.05, 4.69) is 34.0 Å². The van der Waals surface area contributed by atoms with Crippen molar-refractivity contribution >= 4 is 21.8 Å². The molecule has 0 spiro atoms. The molecule has 2 heterocycles. The number of pyridine rings is 1. The lowest BCUT2D eigenvalue weighted by Gasteiger charge is -2.11. The second kappa shape index (κ2) is 4.35. The van der Waals surface area contributed by atoms with Gasteiger partial charge in [0, 0.05) is 16.5 Å². The Morgan fingerprint density at radius 3 is 2.76 bits per heavy atom. The second-order valence-electron chi connectivity index (χ2n) is 3.93. The molecule has 17 heavy (non-hydrogen) atoms. The molecular weight excluding hydrogens is 230 g/mol. The number of aliphatic hydroxyl groups excluding tert-OH is 1. The van der Waals surface area contributed by atoms with E-state index in [1.165, 1.54) is 4.90 Å². The zero-order chi connectivity index (χ0) is 11.7. The fourth-order valence-corrected chi connectivity index (χ4v) is 3.47. The number of allylic oxidation sites excluding steroid dienone is 2. The highest BCUT2D eigenvalue weighted by Crippen LogP contribution is 2.42. The van der Waals surface area contributed by atoms with Gasteiger partial charge in [-0.2, -0.15) is 10.9 Å². The molecular formula is C14H13NOS. The summed E-state index contributed by atoms with van der Waals surface area (Å²) in [6, 6.07) is 8.01. The molecule has 0 saturated carbocycles. The number of hydrogen-bond donors (Lipinski definition) is 2. The van der Waals surface area contributed by atoms with E-state index in [-0.39, 0.29) is 17.5 Å². The van der Waals surface area contributed by atoms with Gasteiger partial charge in [-0.3, -0.25) is 4.98 Å². The van der Waals surface area contributed by atoms with Crippen LogP contribution in [-0.2, 0) is 6.61 Å². The Balaban J connectivity index is 2.17. The molecule has 0 bridgehead atoms. The van der Waals surface area contributed by atoms with Crippen molar-refractivity contribution in [2.24, 2.45) is 0 Å². The highest BCUT2D eigenvalue weighted by atomic mass is 32.2. The SMILES string of the molecule is OCc1cccc2ncc([SH]3C=CC=C3)cc12. The fraction of sp³-hybridized carbons (Fsp3) is 0.0714. The summed E-state index contributed by atoms with van der Waals surface area (Å²) >= 11 is 0. The topological polar surface area (TPSA) is 33.1 Å². The minimum absolute atomic E-state index is 0.0616. The molecule has 2 aromatic rings. The highest BCUT2D eigenvalue weighted by molar-refractivity contribution is 8.22. The molecule has 0 unspecified atom stereocenters. The standard InChI is InChI=1S/C14H13NOS/c16-10-11-4-3-5-14-13(11)8-12(9-15-14)17-6-1-2-7-17/h1-9,16-17H,10H2. The fourth-order valence-electron chi connectivity index (χ4n) is 1.99. The lowest BCUT2D eigenvalue weighted by Crippen LogP contribution is -1.89. The van der Waals surface area contributed by atoms with Crippen LogP contribution in [0.2, 0.25) is 0 Å². The zero-order valence-corrected chi connectivity index (χ0v) is 10.1. The second-order valence-corrected chi connectivity index (χ2v) is 5.85. The molecule has 3 rings (SSSR count). The first-order valence-corrected chi connectivity index (χ1v) is 6.98. The summed E-state index contributed by atoms with van der Waals surface area (Å²) in [7, 11) is -0.336. The first-order chi connectivity index (χ1) is 8.38. The van der Waals surface area contributed by atoms with Gasteiger partial charge in [-0.05, 0) is 28.5 Å². The summed E-state index contributed by atoms with van der Waals surface area (Å²) in [5.41, 5.74) is 1.89. The lowest BCUT2D eigenvalue weighted by atomic mass is 10.1. The third-order valence-electron chi connectivity index (χ3n) is 2.87. The number of nitrogens with zero attached hydrogens (tertiary/aromatic N) is 1. The van der Waals surface area contributed by atoms with Crippen LogP contribution in [0.1, 0.15) is 5.56 Å². The van der Waals surface area contributed by atoms with Crippen molar-refractivity contribution < 1.29 is 5.11 Å². The van der Waals surface area contributed by atoms with Crippen molar-refractivity contribution in [2.75, 3.05) is 0 Å². The first-order valence-electron chi connectivity index (χ1n) is 5.50. The Morgan fingerprint density at radius 2 is 2.00 bits per heavy atom. The molecule has 0 saturated heterocycles. The number of benzene rings is 1. The predicted molar refractivity (Wildman–Crippen MR) is 73.2 cm³/mol.